The van der Waals surface area contributed by atoms with Crippen LogP contribution in [0.1, 0.15) is 44.9 Å². The van der Waals surface area contributed by atoms with Crippen LogP contribution in [-0.4, -0.2) is 22.5 Å². The van der Waals surface area contributed by atoms with Gasteiger partial charge in [-0.2, -0.15) is 0 Å². The number of nitrogens with one attached hydrogen (secondary N) is 1. The van der Waals surface area contributed by atoms with Crippen LogP contribution < -0.4 is 5.32 Å². The lowest BCUT2D eigenvalue weighted by atomic mass is 9.74. The molecule has 3 aliphatic rings. The molecule has 0 aromatic heterocycles. The molecule has 0 bridgehead atoms. The smallest absolute Gasteiger partial charge is 0.305 e. The van der Waals surface area contributed by atoms with Gasteiger partial charge in [0.1, 0.15) is 0 Å². The Kier molecular flexibility index (Phi) is 2.42. The monoisotopic (exact) mass is 237 g/mol. The lowest BCUT2D eigenvalue weighted by Gasteiger charge is -2.41. The van der Waals surface area contributed by atoms with Crippen molar-refractivity contribution in [2.75, 3.05) is 0 Å². The number of carboxylic acids is 1. The summed E-state index contributed by atoms with van der Waals surface area (Å²) in [4.78, 5) is 22.8. The van der Waals surface area contributed by atoms with E-state index in [0.717, 1.165) is 31.6 Å². The number of amides is 1. The van der Waals surface area contributed by atoms with E-state index in [-0.39, 0.29) is 18.2 Å². The number of carbonyl (C=O) groups is 2. The minimum absolute atomic E-state index is 0.0829. The molecule has 1 amide bonds. The molecule has 3 aliphatic carbocycles. The lowest BCUT2D eigenvalue weighted by Crippen LogP contribution is -2.55. The van der Waals surface area contributed by atoms with Gasteiger partial charge in [0.05, 0.1) is 12.0 Å². The average molecular weight is 237 g/mol. The van der Waals surface area contributed by atoms with Crippen LogP contribution in [0, 0.1) is 17.8 Å². The molecule has 2 atom stereocenters. The largest absolute Gasteiger partial charge is 0.481 e. The standard InChI is InChI=1S/C13H19NO3/c15-11(16)7-13(4-1-5-13)14-12(17)10-6-9(10)8-2-3-8/h8-10H,1-7H2,(H,14,17)(H,15,16). The molecule has 2 N–H and O–H groups in total. The van der Waals surface area contributed by atoms with Gasteiger partial charge in [-0.15, -0.1) is 0 Å². The zero-order valence-electron chi connectivity index (χ0n) is 9.95. The van der Waals surface area contributed by atoms with Gasteiger partial charge in [0, 0.05) is 5.92 Å². The second-order valence-electron chi connectivity index (χ2n) is 6.04. The van der Waals surface area contributed by atoms with Crippen molar-refractivity contribution in [3.8, 4) is 0 Å². The van der Waals surface area contributed by atoms with Gasteiger partial charge in [-0.05, 0) is 50.4 Å². The van der Waals surface area contributed by atoms with Crippen LogP contribution in [0.5, 0.6) is 0 Å². The molecule has 0 spiro atoms. The number of aliphatic carboxylic acids is 1. The number of hydrogen-bond acceptors (Lipinski definition) is 2. The summed E-state index contributed by atoms with van der Waals surface area (Å²) in [5, 5.41) is 11.9. The van der Waals surface area contributed by atoms with E-state index in [1.807, 2.05) is 0 Å². The number of rotatable bonds is 5. The van der Waals surface area contributed by atoms with E-state index in [2.05, 4.69) is 5.32 Å². The van der Waals surface area contributed by atoms with Gasteiger partial charge in [-0.1, -0.05) is 0 Å². The van der Waals surface area contributed by atoms with Gasteiger partial charge >= 0.3 is 5.97 Å². The first-order chi connectivity index (χ1) is 8.10. The summed E-state index contributed by atoms with van der Waals surface area (Å²) in [5.41, 5.74) is -0.417. The summed E-state index contributed by atoms with van der Waals surface area (Å²) in [6, 6.07) is 0. The van der Waals surface area contributed by atoms with Crippen LogP contribution in [0.4, 0.5) is 0 Å². The van der Waals surface area contributed by atoms with Crippen LogP contribution >= 0.6 is 0 Å². The minimum Gasteiger partial charge on any atom is -0.481 e. The highest BCUT2D eigenvalue weighted by molar-refractivity contribution is 5.83. The number of carbonyl (C=O) groups excluding carboxylic acids is 1. The molecular formula is C13H19NO3. The van der Waals surface area contributed by atoms with E-state index in [1.165, 1.54) is 12.8 Å². The van der Waals surface area contributed by atoms with Gasteiger partial charge in [0.2, 0.25) is 5.91 Å². The van der Waals surface area contributed by atoms with Gasteiger partial charge < -0.3 is 10.4 Å². The molecule has 3 saturated carbocycles. The first-order valence-electron chi connectivity index (χ1n) is 6.63. The predicted octanol–water partition coefficient (Wildman–Crippen LogP) is 1.55. The van der Waals surface area contributed by atoms with Crippen LogP contribution in [0.3, 0.4) is 0 Å². The van der Waals surface area contributed by atoms with Gasteiger partial charge in [0.15, 0.2) is 0 Å². The zero-order chi connectivity index (χ0) is 12.0. The summed E-state index contributed by atoms with van der Waals surface area (Å²) in [7, 11) is 0. The molecule has 0 aliphatic heterocycles. The summed E-state index contributed by atoms with van der Waals surface area (Å²) >= 11 is 0. The molecule has 0 heterocycles. The van der Waals surface area contributed by atoms with Gasteiger partial charge in [-0.25, -0.2) is 0 Å². The Morgan fingerprint density at radius 3 is 2.47 bits per heavy atom. The highest BCUT2D eigenvalue weighted by Gasteiger charge is 2.53. The lowest BCUT2D eigenvalue weighted by molar-refractivity contribution is -0.140. The highest BCUT2D eigenvalue weighted by Crippen LogP contribution is 2.54. The maximum Gasteiger partial charge on any atom is 0.305 e. The van der Waals surface area contributed by atoms with Gasteiger partial charge in [-0.3, -0.25) is 9.59 Å². The zero-order valence-corrected chi connectivity index (χ0v) is 9.95. The molecule has 0 aromatic rings. The molecule has 4 heteroatoms. The molecule has 0 aromatic carbocycles. The SMILES string of the molecule is O=C(O)CC1(NC(=O)C2CC2C2CC2)CCC1. The van der Waals surface area contributed by atoms with Crippen molar-refractivity contribution in [1.29, 1.82) is 0 Å². The van der Waals surface area contributed by atoms with E-state index in [0.29, 0.717) is 5.92 Å². The Bertz CT molecular complexity index is 358. The van der Waals surface area contributed by atoms with Crippen molar-refractivity contribution in [2.24, 2.45) is 17.8 Å². The average Bonchev–Trinajstić information content (AvgIpc) is 3.02. The Hall–Kier alpha value is -1.06. The third kappa shape index (κ3) is 2.17. The molecule has 4 nitrogen and oxygen atoms in total. The van der Waals surface area contributed by atoms with Crippen LogP contribution in [-0.2, 0) is 9.59 Å². The Morgan fingerprint density at radius 2 is 2.00 bits per heavy atom. The van der Waals surface area contributed by atoms with E-state index in [9.17, 15) is 9.59 Å². The topological polar surface area (TPSA) is 66.4 Å². The molecule has 2 unspecified atom stereocenters. The van der Waals surface area contributed by atoms with Crippen molar-refractivity contribution in [1.82, 2.24) is 5.32 Å². The van der Waals surface area contributed by atoms with E-state index in [4.69, 9.17) is 5.11 Å². The predicted molar refractivity (Wildman–Crippen MR) is 61.3 cm³/mol. The van der Waals surface area contributed by atoms with Crippen molar-refractivity contribution in [3.05, 3.63) is 0 Å². The van der Waals surface area contributed by atoms with Crippen molar-refractivity contribution < 1.29 is 14.7 Å². The molecule has 94 valence electrons. The maximum absolute atomic E-state index is 12.0. The van der Waals surface area contributed by atoms with Crippen molar-refractivity contribution >= 4 is 11.9 Å². The summed E-state index contributed by atoms with van der Waals surface area (Å²) in [6.45, 7) is 0. The van der Waals surface area contributed by atoms with Crippen molar-refractivity contribution in [3.63, 3.8) is 0 Å². The molecule has 3 fully saturated rings. The van der Waals surface area contributed by atoms with Gasteiger partial charge in [0.25, 0.3) is 0 Å². The fraction of sp³-hybridized carbons (Fsp3) is 0.846. The molecular weight excluding hydrogens is 218 g/mol. The van der Waals surface area contributed by atoms with Crippen molar-refractivity contribution in [2.45, 2.75) is 50.5 Å². The van der Waals surface area contributed by atoms with E-state index in [1.54, 1.807) is 0 Å². The molecule has 0 saturated heterocycles. The first kappa shape index (κ1) is 11.1. The Labute approximate surface area is 101 Å². The van der Waals surface area contributed by atoms with E-state index < -0.39 is 11.5 Å². The first-order valence-corrected chi connectivity index (χ1v) is 6.63. The Balaban J connectivity index is 1.54. The molecule has 0 radical (unpaired) electrons. The van der Waals surface area contributed by atoms with Crippen LogP contribution in [0.25, 0.3) is 0 Å². The summed E-state index contributed by atoms with van der Waals surface area (Å²) < 4.78 is 0. The molecule has 3 rings (SSSR count). The third-order valence-electron chi connectivity index (χ3n) is 4.59. The minimum atomic E-state index is -0.806. The Morgan fingerprint density at radius 1 is 1.29 bits per heavy atom. The number of hydrogen-bond donors (Lipinski definition) is 2. The van der Waals surface area contributed by atoms with E-state index >= 15 is 0 Å². The van der Waals surface area contributed by atoms with Crippen LogP contribution in [0.15, 0.2) is 0 Å². The summed E-state index contributed by atoms with van der Waals surface area (Å²) in [6.07, 6.45) is 6.37. The number of carboxylic acid groups (broad SMARTS) is 1. The summed E-state index contributed by atoms with van der Waals surface area (Å²) in [5.74, 6) is 0.899. The fourth-order valence-electron chi connectivity index (χ4n) is 3.15. The second kappa shape index (κ2) is 3.72. The second-order valence-corrected chi connectivity index (χ2v) is 6.04. The highest BCUT2D eigenvalue weighted by atomic mass is 16.4. The van der Waals surface area contributed by atoms with Crippen LogP contribution in [0.2, 0.25) is 0 Å². The molecule has 17 heavy (non-hydrogen) atoms. The quantitative estimate of drug-likeness (QED) is 0.762. The maximum atomic E-state index is 12.0. The third-order valence-corrected chi connectivity index (χ3v) is 4.59. The fourth-order valence-corrected chi connectivity index (χ4v) is 3.15. The normalized spacial score (nSPS) is 33.6.